The van der Waals surface area contributed by atoms with Gasteiger partial charge in [0, 0.05) is 11.6 Å². The molecule has 5 aromatic rings. The number of rotatable bonds is 7. The number of aromatic carboxylic acids is 1. The second-order valence-corrected chi connectivity index (χ2v) is 11.2. The number of carbonyl (C=O) groups is 1. The van der Waals surface area contributed by atoms with Gasteiger partial charge in [0.25, 0.3) is 0 Å². The summed E-state index contributed by atoms with van der Waals surface area (Å²) in [6.07, 6.45) is 1.05. The fourth-order valence-corrected chi connectivity index (χ4v) is 6.08. The number of imidazole rings is 1. The quantitative estimate of drug-likeness (QED) is 0.201. The first-order chi connectivity index (χ1) is 20.7. The summed E-state index contributed by atoms with van der Waals surface area (Å²) in [5, 5.41) is 9.95. The van der Waals surface area contributed by atoms with Crippen molar-refractivity contribution in [3.63, 3.8) is 0 Å². The predicted octanol–water partition coefficient (Wildman–Crippen LogP) is 9.82. The third kappa shape index (κ3) is 5.97. The van der Waals surface area contributed by atoms with E-state index in [1.165, 1.54) is 18.6 Å². The first-order valence-corrected chi connectivity index (χ1v) is 14.5. The van der Waals surface area contributed by atoms with Crippen LogP contribution in [0.2, 0.25) is 5.02 Å². The van der Waals surface area contributed by atoms with Crippen LogP contribution in [0.1, 0.15) is 59.6 Å². The van der Waals surface area contributed by atoms with Gasteiger partial charge in [-0.15, -0.1) is 0 Å². The summed E-state index contributed by atoms with van der Waals surface area (Å²) >= 11 is 6.83. The Morgan fingerprint density at radius 1 is 0.930 bits per heavy atom. The Balaban J connectivity index is 1.28. The molecule has 0 amide bonds. The minimum atomic E-state index is -4.39. The molecule has 4 aromatic carbocycles. The Morgan fingerprint density at radius 3 is 2.37 bits per heavy atom. The zero-order chi connectivity index (χ0) is 30.1. The zero-order valence-corrected chi connectivity index (χ0v) is 23.8. The normalized spacial score (nSPS) is 14.2. The Bertz CT molecular complexity index is 1790. The second-order valence-electron chi connectivity index (χ2n) is 10.8. The summed E-state index contributed by atoms with van der Waals surface area (Å²) in [6.45, 7) is 0.186. The SMILES string of the molecule is O=C(O)c1ccc2c(c1)nc(-c1ccc(OCc3ccccc3-c3ccc(C(F)(F)F)cc3)cc1Cl)n2C1CCCCC1. The molecular weight excluding hydrogens is 577 g/mol. The molecule has 5 nitrogen and oxygen atoms in total. The molecule has 0 unspecified atom stereocenters. The maximum atomic E-state index is 13.0. The molecule has 1 N–H and O–H groups in total. The van der Waals surface area contributed by atoms with Crippen LogP contribution in [0.15, 0.2) is 84.9 Å². The van der Waals surface area contributed by atoms with Gasteiger partial charge >= 0.3 is 12.1 Å². The molecule has 9 heteroatoms. The van der Waals surface area contributed by atoms with Gasteiger partial charge in [0.2, 0.25) is 0 Å². The lowest BCUT2D eigenvalue weighted by Gasteiger charge is -2.26. The third-order valence-electron chi connectivity index (χ3n) is 7.99. The molecule has 0 atom stereocenters. The first kappa shape index (κ1) is 28.8. The molecule has 1 heterocycles. The highest BCUT2D eigenvalue weighted by Crippen LogP contribution is 2.39. The predicted molar refractivity (Wildman–Crippen MR) is 160 cm³/mol. The molecule has 1 aromatic heterocycles. The molecule has 43 heavy (non-hydrogen) atoms. The average molecular weight is 605 g/mol. The molecule has 1 saturated carbocycles. The number of fused-ring (bicyclic) bond motifs is 1. The van der Waals surface area contributed by atoms with Crippen LogP contribution in [0.3, 0.4) is 0 Å². The standard InChI is InChI=1S/C34H28ClF3N2O3/c35-29-19-26(43-20-23-6-4-5-9-27(23)21-10-13-24(14-11-21)34(36,37)38)15-16-28(29)32-39-30-18-22(33(41)42)12-17-31(30)40(32)25-7-2-1-3-8-25/h4-6,9-19,25H,1-3,7-8,20H2,(H,41,42). The van der Waals surface area contributed by atoms with Crippen molar-refractivity contribution >= 4 is 28.6 Å². The van der Waals surface area contributed by atoms with E-state index in [9.17, 15) is 23.1 Å². The number of aromatic nitrogens is 2. The third-order valence-corrected chi connectivity index (χ3v) is 8.31. The van der Waals surface area contributed by atoms with E-state index in [0.717, 1.165) is 60.0 Å². The first-order valence-electron chi connectivity index (χ1n) is 14.1. The van der Waals surface area contributed by atoms with Crippen LogP contribution in [-0.4, -0.2) is 20.6 Å². The number of carboxylic acids is 1. The van der Waals surface area contributed by atoms with E-state index in [1.54, 1.807) is 18.2 Å². The van der Waals surface area contributed by atoms with Crippen molar-refractivity contribution in [1.82, 2.24) is 9.55 Å². The molecule has 6 rings (SSSR count). The largest absolute Gasteiger partial charge is 0.489 e. The van der Waals surface area contributed by atoms with Gasteiger partial charge in [0.15, 0.2) is 0 Å². The van der Waals surface area contributed by atoms with E-state index >= 15 is 0 Å². The van der Waals surface area contributed by atoms with E-state index in [4.69, 9.17) is 21.3 Å². The fourth-order valence-electron chi connectivity index (χ4n) is 5.83. The molecule has 0 bridgehead atoms. The van der Waals surface area contributed by atoms with Crippen LogP contribution in [-0.2, 0) is 12.8 Å². The van der Waals surface area contributed by atoms with Gasteiger partial charge in [-0.2, -0.15) is 13.2 Å². The molecule has 1 fully saturated rings. The molecule has 1 aliphatic rings. The van der Waals surface area contributed by atoms with Crippen LogP contribution in [0.25, 0.3) is 33.5 Å². The minimum absolute atomic E-state index is 0.179. The zero-order valence-electron chi connectivity index (χ0n) is 23.1. The Morgan fingerprint density at radius 2 is 1.67 bits per heavy atom. The van der Waals surface area contributed by atoms with Crippen LogP contribution in [0.5, 0.6) is 5.75 Å². The smallest absolute Gasteiger partial charge is 0.416 e. The van der Waals surface area contributed by atoms with E-state index in [-0.39, 0.29) is 18.2 Å². The molecule has 0 radical (unpaired) electrons. The highest BCUT2D eigenvalue weighted by atomic mass is 35.5. The Hall–Kier alpha value is -4.30. The second kappa shape index (κ2) is 11.8. The summed E-state index contributed by atoms with van der Waals surface area (Å²) < 4.78 is 47.4. The van der Waals surface area contributed by atoms with Crippen LogP contribution >= 0.6 is 11.6 Å². The maximum absolute atomic E-state index is 13.0. The summed E-state index contributed by atoms with van der Waals surface area (Å²) in [6, 6.07) is 23.2. The van der Waals surface area contributed by atoms with Crippen LogP contribution < -0.4 is 4.74 Å². The lowest BCUT2D eigenvalue weighted by atomic mass is 9.94. The van der Waals surface area contributed by atoms with Gasteiger partial charge in [-0.3, -0.25) is 0 Å². The van der Waals surface area contributed by atoms with E-state index in [0.29, 0.717) is 27.7 Å². The van der Waals surface area contributed by atoms with Gasteiger partial charge in [0.1, 0.15) is 18.2 Å². The summed E-state index contributed by atoms with van der Waals surface area (Å²) in [7, 11) is 0. The number of carboxylic acid groups (broad SMARTS) is 1. The molecule has 0 spiro atoms. The average Bonchev–Trinajstić information content (AvgIpc) is 3.39. The number of halogens is 4. The number of ether oxygens (including phenoxy) is 1. The van der Waals surface area contributed by atoms with Gasteiger partial charge in [-0.25, -0.2) is 9.78 Å². The topological polar surface area (TPSA) is 64.3 Å². The molecular formula is C34H28ClF3N2O3. The monoisotopic (exact) mass is 604 g/mol. The van der Waals surface area contributed by atoms with E-state index in [2.05, 4.69) is 4.57 Å². The maximum Gasteiger partial charge on any atom is 0.416 e. The van der Waals surface area contributed by atoms with Crippen molar-refractivity contribution < 1.29 is 27.8 Å². The number of benzene rings is 4. The van der Waals surface area contributed by atoms with Crippen molar-refractivity contribution in [2.45, 2.75) is 50.9 Å². The minimum Gasteiger partial charge on any atom is -0.489 e. The van der Waals surface area contributed by atoms with Crippen molar-refractivity contribution in [2.24, 2.45) is 0 Å². The molecule has 1 aliphatic carbocycles. The summed E-state index contributed by atoms with van der Waals surface area (Å²) in [5.74, 6) is 0.216. The van der Waals surface area contributed by atoms with Crippen LogP contribution in [0.4, 0.5) is 13.2 Å². The lowest BCUT2D eigenvalue weighted by molar-refractivity contribution is -0.137. The van der Waals surface area contributed by atoms with Crippen molar-refractivity contribution in [3.8, 4) is 28.3 Å². The molecule has 0 saturated heterocycles. The van der Waals surface area contributed by atoms with Gasteiger partial charge in [-0.1, -0.05) is 67.3 Å². The number of hydrogen-bond donors (Lipinski definition) is 1. The number of hydrogen-bond acceptors (Lipinski definition) is 3. The van der Waals surface area contributed by atoms with E-state index < -0.39 is 17.7 Å². The molecule has 0 aliphatic heterocycles. The van der Waals surface area contributed by atoms with Gasteiger partial charge in [-0.05, 0) is 78.1 Å². The molecule has 220 valence electrons. The summed E-state index contributed by atoms with van der Waals surface area (Å²) in [4.78, 5) is 16.5. The Kier molecular flexibility index (Phi) is 7.88. The van der Waals surface area contributed by atoms with Crippen LogP contribution in [0, 0.1) is 0 Å². The van der Waals surface area contributed by atoms with Crippen molar-refractivity contribution in [2.75, 3.05) is 0 Å². The lowest BCUT2D eigenvalue weighted by Crippen LogP contribution is -2.14. The number of alkyl halides is 3. The van der Waals surface area contributed by atoms with Crippen molar-refractivity contribution in [1.29, 1.82) is 0 Å². The summed E-state index contributed by atoms with van der Waals surface area (Å²) in [5.41, 5.74) is 3.94. The number of nitrogens with zero attached hydrogens (tertiary/aromatic N) is 2. The highest BCUT2D eigenvalue weighted by molar-refractivity contribution is 6.33. The van der Waals surface area contributed by atoms with Gasteiger partial charge in [0.05, 0.1) is 27.2 Å². The van der Waals surface area contributed by atoms with Crippen molar-refractivity contribution in [3.05, 3.63) is 107 Å². The Labute approximate surface area is 251 Å². The van der Waals surface area contributed by atoms with Gasteiger partial charge < -0.3 is 14.4 Å². The fraction of sp³-hybridized carbons (Fsp3) is 0.235. The van der Waals surface area contributed by atoms with E-state index in [1.807, 2.05) is 42.5 Å². The highest BCUT2D eigenvalue weighted by Gasteiger charge is 2.30.